The number of anilines is 3. The highest BCUT2D eigenvalue weighted by Crippen LogP contribution is 2.30. The van der Waals surface area contributed by atoms with Crippen LogP contribution in [0.15, 0.2) is 65.8 Å². The molecule has 3 aromatic heterocycles. The van der Waals surface area contributed by atoms with E-state index in [-0.39, 0.29) is 11.9 Å². The molecule has 2 atom stereocenters. The van der Waals surface area contributed by atoms with Crippen molar-refractivity contribution in [3.05, 3.63) is 84.1 Å². The molecule has 2 aliphatic rings. The van der Waals surface area contributed by atoms with E-state index in [2.05, 4.69) is 53.1 Å². The van der Waals surface area contributed by atoms with Gasteiger partial charge in [0.1, 0.15) is 17.9 Å². The average Bonchev–Trinajstić information content (AvgIpc) is 3.66. The lowest BCUT2D eigenvalue weighted by Crippen LogP contribution is -2.53. The van der Waals surface area contributed by atoms with Crippen LogP contribution in [-0.2, 0) is 6.42 Å². The first kappa shape index (κ1) is 30.9. The third-order valence-electron chi connectivity index (χ3n) is 7.69. The van der Waals surface area contributed by atoms with Gasteiger partial charge in [-0.2, -0.15) is 4.98 Å². The number of halogens is 1. The Morgan fingerprint density at radius 1 is 1.07 bits per heavy atom. The number of pyridine rings is 1. The zero-order valence-corrected chi connectivity index (χ0v) is 25.8. The van der Waals surface area contributed by atoms with E-state index in [1.165, 1.54) is 13.0 Å². The third-order valence-corrected chi connectivity index (χ3v) is 7.69. The van der Waals surface area contributed by atoms with Crippen LogP contribution in [0.25, 0.3) is 5.57 Å². The van der Waals surface area contributed by atoms with Crippen LogP contribution in [0.1, 0.15) is 70.2 Å². The highest BCUT2D eigenvalue weighted by Gasteiger charge is 2.29. The maximum Gasteiger partial charge on any atom is 0.228 e. The Morgan fingerprint density at radius 2 is 1.88 bits per heavy atom. The normalized spacial score (nSPS) is 19.5. The molecule has 0 bridgehead atoms. The van der Waals surface area contributed by atoms with E-state index in [0.29, 0.717) is 18.4 Å². The molecule has 5 rings (SSSR count). The molecule has 2 saturated heterocycles. The van der Waals surface area contributed by atoms with Crippen molar-refractivity contribution in [2.75, 3.05) is 40.9 Å². The van der Waals surface area contributed by atoms with Crippen molar-refractivity contribution in [1.82, 2.24) is 19.9 Å². The summed E-state index contributed by atoms with van der Waals surface area (Å²) in [6, 6.07) is 4.74. The second-order valence-electron chi connectivity index (χ2n) is 10.8. The topological polar surface area (TPSA) is 74.4 Å². The Bertz CT molecular complexity index is 1400. The molecule has 0 N–H and O–H groups in total. The molecule has 0 aromatic carbocycles. The lowest BCUT2D eigenvalue weighted by molar-refractivity contribution is 0.506. The van der Waals surface area contributed by atoms with E-state index in [4.69, 9.17) is 19.4 Å². The summed E-state index contributed by atoms with van der Waals surface area (Å²) in [4.78, 5) is 26.0. The molecule has 0 radical (unpaired) electrons. The Labute approximate surface area is 249 Å². The number of oxazole rings is 1. The van der Waals surface area contributed by atoms with Crippen molar-refractivity contribution in [2.45, 2.75) is 72.9 Å². The predicted molar refractivity (Wildman–Crippen MR) is 170 cm³/mol. The maximum atomic E-state index is 13.5. The number of aryl methyl sites for hydroxylation is 1. The molecular weight excluding hydrogens is 529 g/mol. The molecule has 2 aliphatic heterocycles. The number of aromatic nitrogens is 4. The Morgan fingerprint density at radius 3 is 2.50 bits per heavy atom. The summed E-state index contributed by atoms with van der Waals surface area (Å²) >= 11 is 0. The summed E-state index contributed by atoms with van der Waals surface area (Å²) < 4.78 is 18.9. The van der Waals surface area contributed by atoms with Gasteiger partial charge in [0.2, 0.25) is 5.95 Å². The summed E-state index contributed by atoms with van der Waals surface area (Å²) in [5.74, 6) is 3.03. The number of hydrogen-bond donors (Lipinski definition) is 0. The van der Waals surface area contributed by atoms with Crippen LogP contribution in [0, 0.1) is 6.92 Å². The van der Waals surface area contributed by atoms with Gasteiger partial charge in [0.25, 0.3) is 0 Å². The molecule has 0 saturated carbocycles. The van der Waals surface area contributed by atoms with Crippen LogP contribution < -0.4 is 14.7 Å². The van der Waals surface area contributed by atoms with Gasteiger partial charge in [-0.25, -0.2) is 19.3 Å². The monoisotopic (exact) mass is 573 g/mol. The molecule has 2 unspecified atom stereocenters. The molecule has 0 spiro atoms. The van der Waals surface area contributed by atoms with Crippen molar-refractivity contribution in [1.29, 1.82) is 0 Å². The largest absolute Gasteiger partial charge is 0.449 e. The van der Waals surface area contributed by atoms with Gasteiger partial charge in [-0.05, 0) is 63.3 Å². The van der Waals surface area contributed by atoms with E-state index in [1.807, 2.05) is 26.1 Å². The summed E-state index contributed by atoms with van der Waals surface area (Å²) in [5, 5.41) is 0. The summed E-state index contributed by atoms with van der Waals surface area (Å²) in [6.45, 7) is 19.3. The number of rotatable bonds is 8. The minimum Gasteiger partial charge on any atom is -0.449 e. The van der Waals surface area contributed by atoms with Gasteiger partial charge in [0, 0.05) is 50.5 Å². The molecule has 3 aromatic rings. The van der Waals surface area contributed by atoms with Crippen molar-refractivity contribution in [2.24, 2.45) is 0 Å². The number of piperazine rings is 1. The summed E-state index contributed by atoms with van der Waals surface area (Å²) in [6.07, 6.45) is 12.9. The number of hydrogen-bond acceptors (Lipinski definition) is 8. The van der Waals surface area contributed by atoms with Crippen molar-refractivity contribution < 1.29 is 8.81 Å². The van der Waals surface area contributed by atoms with Crippen LogP contribution in [0.5, 0.6) is 0 Å². The fraction of sp³-hybridized carbons (Fsp3) is 0.455. The molecule has 9 heteroatoms. The van der Waals surface area contributed by atoms with E-state index >= 15 is 0 Å². The van der Waals surface area contributed by atoms with Gasteiger partial charge < -0.3 is 19.1 Å². The Balaban J connectivity index is 0.00000198. The van der Waals surface area contributed by atoms with Crippen LogP contribution in [-0.4, -0.2) is 58.2 Å². The van der Waals surface area contributed by atoms with E-state index in [9.17, 15) is 4.39 Å². The minimum atomic E-state index is -0.263. The van der Waals surface area contributed by atoms with Crippen molar-refractivity contribution in [3.63, 3.8) is 0 Å². The molecule has 42 heavy (non-hydrogen) atoms. The van der Waals surface area contributed by atoms with Gasteiger partial charge in [-0.15, -0.1) is 0 Å². The first-order valence-electron chi connectivity index (χ1n) is 15.0. The smallest absolute Gasteiger partial charge is 0.228 e. The zero-order chi connectivity index (χ0) is 30.2. The maximum absolute atomic E-state index is 13.5. The van der Waals surface area contributed by atoms with Crippen molar-refractivity contribution >= 4 is 23.2 Å². The standard InChI is InChI=1S/C31H38FN7O.C2H6/c1-6-26(10-9-22(3)32)27-18-28(36-31(35-27)39-12-7-8-23(39)4)38-14-13-37(20-24(38)5)30-21(2)16-25(19-34-30)17-29-33-11-15-40-29;1-2/h6,9-11,15-16,18-19,23-24H,1,7-8,12-14,17,20H2,2-5H3;1-2H3/b22-9+,26-10+;. The quantitative estimate of drug-likeness (QED) is 0.269. The van der Waals surface area contributed by atoms with Crippen LogP contribution in [0.2, 0.25) is 0 Å². The average molecular weight is 574 g/mol. The van der Waals surface area contributed by atoms with E-state index < -0.39 is 0 Å². The fourth-order valence-corrected chi connectivity index (χ4v) is 5.60. The zero-order valence-electron chi connectivity index (χ0n) is 25.8. The molecule has 8 nitrogen and oxygen atoms in total. The summed E-state index contributed by atoms with van der Waals surface area (Å²) in [7, 11) is 0. The Kier molecular flexibility index (Phi) is 10.5. The second kappa shape index (κ2) is 14.2. The third kappa shape index (κ3) is 7.24. The van der Waals surface area contributed by atoms with Crippen LogP contribution in [0.4, 0.5) is 22.0 Å². The first-order valence-corrected chi connectivity index (χ1v) is 15.0. The van der Waals surface area contributed by atoms with Gasteiger partial charge in [-0.1, -0.05) is 38.6 Å². The van der Waals surface area contributed by atoms with Crippen LogP contribution >= 0.6 is 0 Å². The highest BCUT2D eigenvalue weighted by atomic mass is 19.1. The number of nitrogens with zero attached hydrogens (tertiary/aromatic N) is 7. The SMILES string of the molecule is C=C/C(=C\C=C(/C)F)c1cc(N2CCN(c3ncc(Cc4ncco4)cc3C)CC2C)nc(N2CCCC2C)n1.CC. The molecule has 0 aliphatic carbocycles. The molecule has 5 heterocycles. The lowest BCUT2D eigenvalue weighted by Gasteiger charge is -2.41. The molecule has 2 fully saturated rings. The van der Waals surface area contributed by atoms with Gasteiger partial charge in [-0.3, -0.25) is 0 Å². The van der Waals surface area contributed by atoms with Crippen LogP contribution in [0.3, 0.4) is 0 Å². The molecule has 0 amide bonds. The van der Waals surface area contributed by atoms with Gasteiger partial charge >= 0.3 is 0 Å². The fourth-order valence-electron chi connectivity index (χ4n) is 5.60. The highest BCUT2D eigenvalue weighted by molar-refractivity contribution is 5.75. The molecular formula is C33H44FN7O. The predicted octanol–water partition coefficient (Wildman–Crippen LogP) is 6.93. The van der Waals surface area contributed by atoms with Crippen molar-refractivity contribution in [3.8, 4) is 0 Å². The number of allylic oxidation sites excluding steroid dienone is 5. The second-order valence-corrected chi connectivity index (χ2v) is 10.8. The molecule has 224 valence electrons. The summed E-state index contributed by atoms with van der Waals surface area (Å²) in [5.41, 5.74) is 3.73. The van der Waals surface area contributed by atoms with E-state index in [1.54, 1.807) is 24.6 Å². The lowest BCUT2D eigenvalue weighted by atomic mass is 10.1. The van der Waals surface area contributed by atoms with E-state index in [0.717, 1.165) is 79.0 Å². The first-order chi connectivity index (χ1) is 20.3. The minimum absolute atomic E-state index is 0.192. The van der Waals surface area contributed by atoms with Gasteiger partial charge in [0.05, 0.1) is 24.1 Å². The Hall–Kier alpha value is -4.01. The van der Waals surface area contributed by atoms with Gasteiger partial charge in [0.15, 0.2) is 5.89 Å².